The fourth-order valence-corrected chi connectivity index (χ4v) is 5.32. The number of fused-ring (bicyclic) bond motifs is 2. The Morgan fingerprint density at radius 1 is 1.31 bits per heavy atom. The average molecular weight is 370 g/mol. The van der Waals surface area contributed by atoms with E-state index in [-0.39, 0.29) is 5.75 Å². The second-order valence-electron chi connectivity index (χ2n) is 7.37. The van der Waals surface area contributed by atoms with Gasteiger partial charge in [-0.25, -0.2) is 19.0 Å². The third kappa shape index (κ3) is 2.40. The molecule has 1 aromatic carbocycles. The van der Waals surface area contributed by atoms with Crippen LogP contribution in [-0.4, -0.2) is 39.1 Å². The highest BCUT2D eigenvalue weighted by molar-refractivity contribution is 7.92. The molecule has 0 saturated carbocycles. The second kappa shape index (κ2) is 5.67. The Morgan fingerprint density at radius 3 is 2.96 bits per heavy atom. The summed E-state index contributed by atoms with van der Waals surface area (Å²) in [5, 5.41) is 0. The van der Waals surface area contributed by atoms with Crippen LogP contribution in [0.25, 0.3) is 11.3 Å². The number of rotatable bonds is 2. The monoisotopic (exact) mass is 370 g/mol. The molecule has 7 heteroatoms. The lowest BCUT2D eigenvalue weighted by atomic mass is 10.0. The van der Waals surface area contributed by atoms with Gasteiger partial charge in [-0.15, -0.1) is 0 Å². The van der Waals surface area contributed by atoms with Crippen molar-refractivity contribution in [1.82, 2.24) is 9.97 Å². The summed E-state index contributed by atoms with van der Waals surface area (Å²) in [5.41, 5.74) is 4.20. The molecule has 1 N–H and O–H groups in total. The first-order valence-electron chi connectivity index (χ1n) is 9.23. The Bertz CT molecular complexity index is 1000. The Kier molecular flexibility index (Phi) is 3.50. The highest BCUT2D eigenvalue weighted by Gasteiger charge is 2.30. The number of nitrogens with zero attached hydrogens (tertiary/aromatic N) is 3. The third-order valence-electron chi connectivity index (χ3n) is 5.70. The Hall–Kier alpha value is -2.15. The molecular weight excluding hydrogens is 348 g/mol. The first-order valence-corrected chi connectivity index (χ1v) is 11.0. The molecule has 0 amide bonds. The number of aromatic nitrogens is 2. The summed E-state index contributed by atoms with van der Waals surface area (Å²) in [6.07, 6.45) is 4.24. The number of ether oxygens (including phenoxy) is 1. The van der Waals surface area contributed by atoms with Gasteiger partial charge in [-0.05, 0) is 50.8 Å². The largest absolute Gasteiger partial charge is 0.491 e. The lowest BCUT2D eigenvalue weighted by Gasteiger charge is -2.39. The van der Waals surface area contributed by atoms with Crippen LogP contribution < -0.4 is 9.64 Å². The van der Waals surface area contributed by atoms with E-state index in [1.54, 1.807) is 0 Å². The fraction of sp³-hybridized carbons (Fsp3) is 0.474. The third-order valence-corrected chi connectivity index (χ3v) is 7.47. The van der Waals surface area contributed by atoms with Gasteiger partial charge < -0.3 is 9.64 Å². The van der Waals surface area contributed by atoms with E-state index in [9.17, 15) is 4.21 Å². The van der Waals surface area contributed by atoms with Crippen molar-refractivity contribution in [3.63, 3.8) is 0 Å². The molecule has 0 radical (unpaired) electrons. The Morgan fingerprint density at radius 2 is 2.19 bits per heavy atom. The molecule has 2 aromatic rings. The van der Waals surface area contributed by atoms with Gasteiger partial charge in [0.25, 0.3) is 0 Å². The number of anilines is 1. The van der Waals surface area contributed by atoms with Gasteiger partial charge >= 0.3 is 0 Å². The molecule has 1 fully saturated rings. The summed E-state index contributed by atoms with van der Waals surface area (Å²) in [6.45, 7) is 3.54. The van der Waals surface area contributed by atoms with Crippen LogP contribution in [-0.2, 0) is 22.6 Å². The molecule has 1 saturated heterocycles. The molecule has 1 unspecified atom stereocenters. The number of hydrogen-bond donors (Lipinski definition) is 1. The van der Waals surface area contributed by atoms with Gasteiger partial charge in [0.2, 0.25) is 5.95 Å². The summed E-state index contributed by atoms with van der Waals surface area (Å²) in [6, 6.07) is 6.15. The lowest BCUT2D eigenvalue weighted by molar-refractivity contribution is 0.325. The predicted molar refractivity (Wildman–Crippen MR) is 100 cm³/mol. The summed E-state index contributed by atoms with van der Waals surface area (Å²) >= 11 is 0. The minimum atomic E-state index is -2.79. The van der Waals surface area contributed by atoms with E-state index >= 15 is 0 Å². The maximum atomic E-state index is 12.7. The second-order valence-corrected chi connectivity index (χ2v) is 9.57. The lowest BCUT2D eigenvalue weighted by Crippen LogP contribution is -2.46. The van der Waals surface area contributed by atoms with Crippen LogP contribution in [0.1, 0.15) is 31.0 Å². The average Bonchev–Trinajstić information content (AvgIpc) is 3.08. The smallest absolute Gasteiger partial charge is 0.226 e. The Balaban J connectivity index is 1.66. The quantitative estimate of drug-likeness (QED) is 0.879. The summed E-state index contributed by atoms with van der Waals surface area (Å²) < 4.78 is 26.5. The SMILES string of the molecule is C[C@H]1CCN1c1nc2c(c(-c3ccc4c(c3)S(=N)(=O)CCO4)n1)CCC2. The van der Waals surface area contributed by atoms with Crippen LogP contribution in [0.5, 0.6) is 5.75 Å². The highest BCUT2D eigenvalue weighted by atomic mass is 32.2. The molecule has 0 spiro atoms. The summed E-state index contributed by atoms with van der Waals surface area (Å²) in [4.78, 5) is 12.5. The van der Waals surface area contributed by atoms with E-state index in [1.807, 2.05) is 18.2 Å². The molecule has 6 nitrogen and oxygen atoms in total. The number of aryl methyl sites for hydroxylation is 1. The number of hydrogen-bond acceptors (Lipinski definition) is 6. The van der Waals surface area contributed by atoms with Crippen molar-refractivity contribution >= 4 is 15.7 Å². The molecule has 1 aliphatic carbocycles. The van der Waals surface area contributed by atoms with Crippen molar-refractivity contribution in [3.8, 4) is 17.0 Å². The molecule has 2 atom stereocenters. The van der Waals surface area contributed by atoms with Crippen LogP contribution in [0.15, 0.2) is 23.1 Å². The van der Waals surface area contributed by atoms with E-state index in [4.69, 9.17) is 19.5 Å². The molecule has 3 aliphatic rings. The van der Waals surface area contributed by atoms with Gasteiger partial charge in [0.15, 0.2) is 0 Å². The highest BCUT2D eigenvalue weighted by Crippen LogP contribution is 2.37. The van der Waals surface area contributed by atoms with E-state index in [0.717, 1.165) is 48.7 Å². The zero-order chi connectivity index (χ0) is 17.9. The van der Waals surface area contributed by atoms with Crippen molar-refractivity contribution in [2.24, 2.45) is 0 Å². The molecular formula is C19H22N4O2S. The van der Waals surface area contributed by atoms with E-state index in [0.29, 0.717) is 23.3 Å². The van der Waals surface area contributed by atoms with Gasteiger partial charge in [-0.3, -0.25) is 0 Å². The predicted octanol–water partition coefficient (Wildman–Crippen LogP) is 3.03. The topological polar surface area (TPSA) is 79.2 Å². The van der Waals surface area contributed by atoms with Crippen molar-refractivity contribution < 1.29 is 8.95 Å². The van der Waals surface area contributed by atoms with E-state index in [1.165, 1.54) is 12.0 Å². The van der Waals surface area contributed by atoms with Gasteiger partial charge in [0.1, 0.15) is 12.4 Å². The Labute approximate surface area is 153 Å². The maximum Gasteiger partial charge on any atom is 0.226 e. The van der Waals surface area contributed by atoms with Gasteiger partial charge in [-0.2, -0.15) is 0 Å². The number of nitrogens with one attached hydrogen (secondary N) is 1. The minimum absolute atomic E-state index is 0.252. The molecule has 2 aliphatic heterocycles. The number of benzene rings is 1. The van der Waals surface area contributed by atoms with Crippen LogP contribution in [0.2, 0.25) is 0 Å². The van der Waals surface area contributed by atoms with Gasteiger partial charge in [0, 0.05) is 29.4 Å². The standard InChI is InChI=1S/C19H22N4O2S/c1-12-7-8-23(12)19-21-15-4-2-3-14(15)18(22-19)13-5-6-16-17(11-13)26(20,24)10-9-25-16/h5-6,11-12,20H,2-4,7-10H2,1H3/t12-,26?/m0/s1. The van der Waals surface area contributed by atoms with Gasteiger partial charge in [0.05, 0.1) is 26.1 Å². The summed E-state index contributed by atoms with van der Waals surface area (Å²) in [5.74, 6) is 1.63. The molecule has 26 heavy (non-hydrogen) atoms. The van der Waals surface area contributed by atoms with Crippen molar-refractivity contribution in [2.75, 3.05) is 23.8 Å². The van der Waals surface area contributed by atoms with Gasteiger partial charge in [-0.1, -0.05) is 0 Å². The van der Waals surface area contributed by atoms with Crippen LogP contribution in [0.3, 0.4) is 0 Å². The first kappa shape index (κ1) is 16.1. The van der Waals surface area contributed by atoms with E-state index in [2.05, 4.69) is 11.8 Å². The zero-order valence-corrected chi connectivity index (χ0v) is 15.6. The zero-order valence-electron chi connectivity index (χ0n) is 14.8. The molecule has 0 bridgehead atoms. The van der Waals surface area contributed by atoms with Crippen LogP contribution in [0.4, 0.5) is 5.95 Å². The molecule has 136 valence electrons. The van der Waals surface area contributed by atoms with Crippen molar-refractivity contribution in [2.45, 2.75) is 43.5 Å². The molecule has 3 heterocycles. The van der Waals surface area contributed by atoms with E-state index < -0.39 is 9.73 Å². The fourth-order valence-electron chi connectivity index (χ4n) is 4.01. The minimum Gasteiger partial charge on any atom is -0.491 e. The van der Waals surface area contributed by atoms with Crippen molar-refractivity contribution in [1.29, 1.82) is 4.78 Å². The van der Waals surface area contributed by atoms with Crippen LogP contribution >= 0.6 is 0 Å². The summed E-state index contributed by atoms with van der Waals surface area (Å²) in [7, 11) is -2.79. The first-order chi connectivity index (χ1) is 12.5. The molecule has 1 aromatic heterocycles. The van der Waals surface area contributed by atoms with Crippen molar-refractivity contribution in [3.05, 3.63) is 29.5 Å². The molecule has 5 rings (SSSR count). The van der Waals surface area contributed by atoms with Crippen LogP contribution in [0, 0.1) is 4.78 Å². The maximum absolute atomic E-state index is 12.7. The normalized spacial score (nSPS) is 26.7.